The van der Waals surface area contributed by atoms with Crippen LogP contribution in [-0.2, 0) is 19.9 Å². The predicted molar refractivity (Wildman–Crippen MR) is 84.3 cm³/mol. The Hall–Kier alpha value is -2.18. The minimum Gasteiger partial charge on any atom is -0.333 e. The Morgan fingerprint density at radius 1 is 1.13 bits per heavy atom. The van der Waals surface area contributed by atoms with Crippen molar-refractivity contribution < 1.29 is 4.79 Å². The quantitative estimate of drug-likeness (QED) is 0.835. The highest BCUT2D eigenvalue weighted by Gasteiger charge is 2.36. The molecule has 2 aromatic rings. The van der Waals surface area contributed by atoms with E-state index in [4.69, 9.17) is 0 Å². The van der Waals surface area contributed by atoms with Crippen molar-refractivity contribution in [3.05, 3.63) is 28.6 Å². The summed E-state index contributed by atoms with van der Waals surface area (Å²) in [4.78, 5) is 19.0. The van der Waals surface area contributed by atoms with Crippen LogP contribution in [0.15, 0.2) is 0 Å². The Kier molecular flexibility index (Phi) is 3.25. The van der Waals surface area contributed by atoms with Crippen LogP contribution >= 0.6 is 0 Å². The van der Waals surface area contributed by atoms with Gasteiger partial charge < -0.3 is 4.90 Å². The number of likely N-dealkylation sites (tertiary alicyclic amines) is 1. The van der Waals surface area contributed by atoms with E-state index in [1.807, 2.05) is 35.2 Å². The maximum Gasteiger partial charge on any atom is 0.274 e. The molecule has 4 rings (SSSR count). The molecule has 0 unspecified atom stereocenters. The fourth-order valence-corrected chi connectivity index (χ4v) is 3.75. The van der Waals surface area contributed by atoms with Crippen LogP contribution in [0.25, 0.3) is 0 Å². The van der Waals surface area contributed by atoms with Gasteiger partial charge in [0.05, 0.1) is 6.04 Å². The Balaban J connectivity index is 1.51. The number of rotatable bonds is 2. The van der Waals surface area contributed by atoms with Gasteiger partial charge in [-0.3, -0.25) is 9.48 Å². The van der Waals surface area contributed by atoms with Gasteiger partial charge in [0.15, 0.2) is 5.69 Å². The molecular formula is C16H22N6O. The van der Waals surface area contributed by atoms with Crippen molar-refractivity contribution in [3.8, 4) is 0 Å². The first-order valence-electron chi connectivity index (χ1n) is 8.28. The molecule has 1 aliphatic heterocycles. The first-order valence-corrected chi connectivity index (χ1v) is 8.28. The molecule has 0 spiro atoms. The van der Waals surface area contributed by atoms with Gasteiger partial charge in [-0.1, -0.05) is 0 Å². The molecule has 7 heteroatoms. The molecule has 0 aromatic carbocycles. The molecule has 122 valence electrons. The molecule has 1 saturated heterocycles. The van der Waals surface area contributed by atoms with E-state index in [1.54, 1.807) is 0 Å². The van der Waals surface area contributed by atoms with Crippen LogP contribution < -0.4 is 0 Å². The summed E-state index contributed by atoms with van der Waals surface area (Å²) in [6, 6.07) is 0.236. The van der Waals surface area contributed by atoms with E-state index in [9.17, 15) is 4.79 Å². The molecule has 2 aliphatic rings. The second kappa shape index (κ2) is 5.18. The van der Waals surface area contributed by atoms with Crippen molar-refractivity contribution in [2.75, 3.05) is 13.1 Å². The SMILES string of the molecule is Cc1nc(C)n(C2CN(C(=O)c3nn(C)c4c3CCCC4)C2)n1. The number of carbonyl (C=O) groups excluding carboxylic acids is 1. The number of amides is 1. The van der Waals surface area contributed by atoms with E-state index < -0.39 is 0 Å². The van der Waals surface area contributed by atoms with E-state index >= 15 is 0 Å². The van der Waals surface area contributed by atoms with Gasteiger partial charge in [-0.15, -0.1) is 0 Å². The summed E-state index contributed by atoms with van der Waals surface area (Å²) < 4.78 is 3.83. The maximum absolute atomic E-state index is 12.8. The summed E-state index contributed by atoms with van der Waals surface area (Å²) in [6.45, 7) is 5.23. The third-order valence-corrected chi connectivity index (χ3v) is 4.97. The monoisotopic (exact) mass is 314 g/mol. The molecule has 3 heterocycles. The van der Waals surface area contributed by atoms with E-state index in [0.717, 1.165) is 30.9 Å². The van der Waals surface area contributed by atoms with Crippen molar-refractivity contribution in [1.29, 1.82) is 0 Å². The molecule has 0 atom stereocenters. The Morgan fingerprint density at radius 3 is 2.57 bits per heavy atom. The van der Waals surface area contributed by atoms with Gasteiger partial charge in [-0.25, -0.2) is 9.67 Å². The number of hydrogen-bond donors (Lipinski definition) is 0. The molecular weight excluding hydrogens is 292 g/mol. The number of nitrogens with zero attached hydrogens (tertiary/aromatic N) is 6. The van der Waals surface area contributed by atoms with Crippen LogP contribution in [0, 0.1) is 13.8 Å². The standard InChI is InChI=1S/C16H22N6O/c1-10-17-11(2)22(18-10)12-8-21(9-12)16(23)15-13-6-4-5-7-14(13)20(3)19-15/h12H,4-9H2,1-3H3. The topological polar surface area (TPSA) is 68.8 Å². The molecule has 0 saturated carbocycles. The molecule has 1 fully saturated rings. The Morgan fingerprint density at radius 2 is 1.87 bits per heavy atom. The van der Waals surface area contributed by atoms with Gasteiger partial charge in [-0.2, -0.15) is 10.2 Å². The van der Waals surface area contributed by atoms with Crippen molar-refractivity contribution >= 4 is 5.91 Å². The first-order chi connectivity index (χ1) is 11.0. The van der Waals surface area contributed by atoms with Gasteiger partial charge in [0, 0.05) is 31.4 Å². The van der Waals surface area contributed by atoms with E-state index in [2.05, 4.69) is 15.2 Å². The van der Waals surface area contributed by atoms with Gasteiger partial charge in [0.1, 0.15) is 11.6 Å². The zero-order valence-corrected chi connectivity index (χ0v) is 13.9. The van der Waals surface area contributed by atoms with Gasteiger partial charge in [0.2, 0.25) is 0 Å². The molecule has 1 amide bonds. The lowest BCUT2D eigenvalue weighted by atomic mass is 9.95. The molecule has 0 N–H and O–H groups in total. The Bertz CT molecular complexity index is 768. The largest absolute Gasteiger partial charge is 0.333 e. The van der Waals surface area contributed by atoms with Crippen molar-refractivity contribution in [2.24, 2.45) is 7.05 Å². The predicted octanol–water partition coefficient (Wildman–Crippen LogP) is 1.20. The summed E-state index contributed by atoms with van der Waals surface area (Å²) in [5, 5.41) is 8.93. The van der Waals surface area contributed by atoms with Crippen molar-refractivity contribution in [1.82, 2.24) is 29.4 Å². The number of aromatic nitrogens is 5. The van der Waals surface area contributed by atoms with Crippen LogP contribution in [0.1, 0.15) is 52.3 Å². The maximum atomic E-state index is 12.8. The van der Waals surface area contributed by atoms with E-state index in [0.29, 0.717) is 18.8 Å². The lowest BCUT2D eigenvalue weighted by molar-refractivity contribution is 0.0489. The van der Waals surface area contributed by atoms with Crippen LogP contribution in [0.5, 0.6) is 0 Å². The lowest BCUT2D eigenvalue weighted by Crippen LogP contribution is -2.51. The summed E-state index contributed by atoms with van der Waals surface area (Å²) >= 11 is 0. The summed E-state index contributed by atoms with van der Waals surface area (Å²) in [6.07, 6.45) is 4.35. The summed E-state index contributed by atoms with van der Waals surface area (Å²) in [5.41, 5.74) is 3.06. The zero-order chi connectivity index (χ0) is 16.1. The van der Waals surface area contributed by atoms with Crippen LogP contribution in [0.4, 0.5) is 0 Å². The second-order valence-corrected chi connectivity index (χ2v) is 6.62. The van der Waals surface area contributed by atoms with Crippen LogP contribution in [0.2, 0.25) is 0 Å². The number of carbonyl (C=O) groups is 1. The fourth-order valence-electron chi connectivity index (χ4n) is 3.75. The first kappa shape index (κ1) is 14.4. The van der Waals surface area contributed by atoms with Crippen molar-refractivity contribution in [3.63, 3.8) is 0 Å². The molecule has 2 aromatic heterocycles. The summed E-state index contributed by atoms with van der Waals surface area (Å²) in [7, 11) is 1.95. The average Bonchev–Trinajstić information content (AvgIpc) is 2.98. The number of hydrogen-bond acceptors (Lipinski definition) is 4. The third kappa shape index (κ3) is 2.26. The highest BCUT2D eigenvalue weighted by Crippen LogP contribution is 2.28. The van der Waals surface area contributed by atoms with E-state index in [-0.39, 0.29) is 11.9 Å². The molecule has 7 nitrogen and oxygen atoms in total. The van der Waals surface area contributed by atoms with Crippen LogP contribution in [-0.4, -0.2) is 48.4 Å². The lowest BCUT2D eigenvalue weighted by Gasteiger charge is -2.39. The number of aryl methyl sites for hydroxylation is 3. The molecule has 1 aliphatic carbocycles. The average molecular weight is 314 g/mol. The smallest absolute Gasteiger partial charge is 0.274 e. The molecule has 0 radical (unpaired) electrons. The minimum atomic E-state index is 0.0643. The van der Waals surface area contributed by atoms with Crippen molar-refractivity contribution in [2.45, 2.75) is 45.6 Å². The van der Waals surface area contributed by atoms with Gasteiger partial charge >= 0.3 is 0 Å². The van der Waals surface area contributed by atoms with E-state index in [1.165, 1.54) is 17.7 Å². The highest BCUT2D eigenvalue weighted by molar-refractivity contribution is 5.94. The minimum absolute atomic E-state index is 0.0643. The van der Waals surface area contributed by atoms with Gasteiger partial charge in [-0.05, 0) is 39.5 Å². The highest BCUT2D eigenvalue weighted by atomic mass is 16.2. The molecule has 0 bridgehead atoms. The third-order valence-electron chi connectivity index (χ3n) is 4.97. The zero-order valence-electron chi connectivity index (χ0n) is 13.9. The normalized spacial score (nSPS) is 18.0. The van der Waals surface area contributed by atoms with Crippen LogP contribution in [0.3, 0.4) is 0 Å². The summed E-state index contributed by atoms with van der Waals surface area (Å²) in [5.74, 6) is 1.76. The Labute approximate surface area is 135 Å². The number of fused-ring (bicyclic) bond motifs is 1. The van der Waals surface area contributed by atoms with Gasteiger partial charge in [0.25, 0.3) is 5.91 Å². The second-order valence-electron chi connectivity index (χ2n) is 6.62. The molecule has 23 heavy (non-hydrogen) atoms. The fraction of sp³-hybridized carbons (Fsp3) is 0.625.